The number of rotatable bonds is 11. The van der Waals surface area contributed by atoms with E-state index in [1.807, 2.05) is 20.2 Å². The second-order valence-corrected chi connectivity index (χ2v) is 8.83. The first-order chi connectivity index (χ1) is 15.5. The van der Waals surface area contributed by atoms with Gasteiger partial charge in [-0.15, -0.1) is 0 Å². The van der Waals surface area contributed by atoms with Gasteiger partial charge in [-0.3, -0.25) is 14.5 Å². The van der Waals surface area contributed by atoms with Crippen molar-refractivity contribution in [1.29, 1.82) is 0 Å². The van der Waals surface area contributed by atoms with Crippen LogP contribution in [0.4, 0.5) is 5.69 Å². The number of ketones is 1. The third-order valence-electron chi connectivity index (χ3n) is 6.31. The molecule has 2 fully saturated rings. The highest BCUT2D eigenvalue weighted by molar-refractivity contribution is 5.87. The predicted octanol–water partition coefficient (Wildman–Crippen LogP) is 3.13. The number of aliphatic carboxylic acids is 1. The summed E-state index contributed by atoms with van der Waals surface area (Å²) < 4.78 is 11.8. The van der Waals surface area contributed by atoms with E-state index < -0.39 is 5.97 Å². The quantitative estimate of drug-likeness (QED) is 0.415. The number of carboxylic acids is 1. The molecule has 1 aromatic carbocycles. The van der Waals surface area contributed by atoms with Crippen molar-refractivity contribution in [1.82, 2.24) is 4.90 Å². The lowest BCUT2D eigenvalue weighted by molar-refractivity contribution is -0.137. The molecule has 1 heterocycles. The molecule has 0 unspecified atom stereocenters. The third-order valence-corrected chi connectivity index (χ3v) is 6.31. The monoisotopic (exact) mass is 444 g/mol. The molecule has 1 saturated carbocycles. The molecule has 2 aliphatic rings. The molecule has 0 aromatic heterocycles. The van der Waals surface area contributed by atoms with E-state index in [1.54, 1.807) is 0 Å². The molecule has 1 saturated heterocycles. The maximum atomic E-state index is 13.0. The summed E-state index contributed by atoms with van der Waals surface area (Å²) in [7, 11) is 4.03. The Morgan fingerprint density at radius 1 is 1.22 bits per heavy atom. The van der Waals surface area contributed by atoms with Crippen molar-refractivity contribution in [3.8, 4) is 0 Å². The maximum Gasteiger partial charge on any atom is 0.303 e. The molecular formula is C25H36N2O5. The molecule has 0 amide bonds. The van der Waals surface area contributed by atoms with Gasteiger partial charge in [0, 0.05) is 51.6 Å². The number of allylic oxidation sites excluding steroid dienone is 2. The summed E-state index contributed by atoms with van der Waals surface area (Å²) in [5.41, 5.74) is 2.24. The first-order valence-corrected chi connectivity index (χ1v) is 11.5. The molecule has 1 N–H and O–H groups in total. The number of hydrogen-bond donors (Lipinski definition) is 1. The Hall–Kier alpha value is -2.22. The Bertz CT molecular complexity index is 771. The summed E-state index contributed by atoms with van der Waals surface area (Å²) in [5, 5.41) is 8.78. The number of carbonyl (C=O) groups excluding carboxylic acids is 1. The lowest BCUT2D eigenvalue weighted by Crippen LogP contribution is -2.49. The summed E-state index contributed by atoms with van der Waals surface area (Å²) in [6.45, 7) is 3.35. The van der Waals surface area contributed by atoms with E-state index in [1.165, 1.54) is 0 Å². The molecule has 7 heteroatoms. The first-order valence-electron chi connectivity index (χ1n) is 11.5. The zero-order valence-electron chi connectivity index (χ0n) is 19.2. The van der Waals surface area contributed by atoms with Crippen molar-refractivity contribution in [2.75, 3.05) is 45.3 Å². The van der Waals surface area contributed by atoms with Gasteiger partial charge >= 0.3 is 5.97 Å². The highest BCUT2D eigenvalue weighted by atomic mass is 16.5. The van der Waals surface area contributed by atoms with E-state index in [9.17, 15) is 9.59 Å². The fourth-order valence-electron chi connectivity index (χ4n) is 4.54. The summed E-state index contributed by atoms with van der Waals surface area (Å²) in [5.74, 6) is -0.416. The van der Waals surface area contributed by atoms with E-state index in [0.29, 0.717) is 32.7 Å². The summed E-state index contributed by atoms with van der Waals surface area (Å²) in [4.78, 5) is 28.0. The minimum atomic E-state index is -0.765. The molecule has 0 radical (unpaired) electrons. The number of morpholine rings is 1. The van der Waals surface area contributed by atoms with Crippen LogP contribution in [0.1, 0.15) is 37.7 Å². The maximum absolute atomic E-state index is 13.0. The molecule has 0 spiro atoms. The van der Waals surface area contributed by atoms with Gasteiger partial charge in [0.1, 0.15) is 0 Å². The Kier molecular flexibility index (Phi) is 9.26. The fraction of sp³-hybridized carbons (Fsp3) is 0.600. The Balaban J connectivity index is 1.62. The van der Waals surface area contributed by atoms with Crippen LogP contribution in [-0.4, -0.2) is 74.3 Å². The predicted molar refractivity (Wildman–Crippen MR) is 124 cm³/mol. The fourth-order valence-corrected chi connectivity index (χ4v) is 4.54. The minimum Gasteiger partial charge on any atom is -0.481 e. The Labute approximate surface area is 191 Å². The van der Waals surface area contributed by atoms with Crippen LogP contribution in [0.15, 0.2) is 36.4 Å². The second-order valence-electron chi connectivity index (χ2n) is 8.83. The van der Waals surface area contributed by atoms with E-state index in [0.717, 1.165) is 37.2 Å². The number of carboxylic acid groups (broad SMARTS) is 1. The normalized spacial score (nSPS) is 24.3. The summed E-state index contributed by atoms with van der Waals surface area (Å²) >= 11 is 0. The van der Waals surface area contributed by atoms with E-state index in [-0.39, 0.29) is 30.3 Å². The van der Waals surface area contributed by atoms with Crippen LogP contribution in [0, 0.1) is 5.92 Å². The van der Waals surface area contributed by atoms with Gasteiger partial charge in [0.25, 0.3) is 0 Å². The van der Waals surface area contributed by atoms with E-state index >= 15 is 0 Å². The van der Waals surface area contributed by atoms with Crippen molar-refractivity contribution >= 4 is 17.4 Å². The molecule has 32 heavy (non-hydrogen) atoms. The average molecular weight is 445 g/mol. The smallest absolute Gasteiger partial charge is 0.303 e. The van der Waals surface area contributed by atoms with Gasteiger partial charge in [-0.2, -0.15) is 0 Å². The Morgan fingerprint density at radius 2 is 1.94 bits per heavy atom. The average Bonchev–Trinajstić information content (AvgIpc) is 3.10. The van der Waals surface area contributed by atoms with Gasteiger partial charge in [0.15, 0.2) is 5.78 Å². The topological polar surface area (TPSA) is 79.3 Å². The van der Waals surface area contributed by atoms with E-state index in [2.05, 4.69) is 40.1 Å². The number of hydrogen-bond acceptors (Lipinski definition) is 6. The molecular weight excluding hydrogens is 408 g/mol. The SMILES string of the molecule is CN(C)c1ccc(CO[C@@H]2CC(=O)[C@@H](N3CCOCC3)[C@@H]2CC=CCCCC(=O)O)cc1. The Morgan fingerprint density at radius 3 is 2.59 bits per heavy atom. The van der Waals surface area contributed by atoms with Crippen LogP contribution in [0.5, 0.6) is 0 Å². The number of unbranched alkanes of at least 4 members (excludes halogenated alkanes) is 1. The van der Waals surface area contributed by atoms with Gasteiger partial charge in [-0.1, -0.05) is 24.3 Å². The number of Topliss-reactive ketones (excluding diaryl/α,β-unsaturated/α-hetero) is 1. The number of benzene rings is 1. The second kappa shape index (κ2) is 12.1. The molecule has 3 atom stereocenters. The summed E-state index contributed by atoms with van der Waals surface area (Å²) in [6, 6.07) is 8.16. The molecule has 0 bridgehead atoms. The van der Waals surface area contributed by atoms with Crippen molar-refractivity contribution in [2.45, 2.75) is 50.9 Å². The zero-order valence-corrected chi connectivity index (χ0v) is 19.2. The van der Waals surface area contributed by atoms with Crippen molar-refractivity contribution in [3.63, 3.8) is 0 Å². The standard InChI is InChI=1S/C25H36N2O5/c1-26(2)20-11-9-19(10-12-20)18-32-23-17-22(28)25(27-13-15-31-16-14-27)21(23)7-5-3-4-6-8-24(29)30/h3,5,9-12,21,23,25H,4,6-8,13-18H2,1-2H3,(H,29,30)/t21-,23-,25+/m1/s1. The largest absolute Gasteiger partial charge is 0.481 e. The van der Waals surface area contributed by atoms with Gasteiger partial charge in [-0.25, -0.2) is 0 Å². The molecule has 1 aliphatic heterocycles. The van der Waals surface area contributed by atoms with Gasteiger partial charge < -0.3 is 19.5 Å². The highest BCUT2D eigenvalue weighted by Crippen LogP contribution is 2.34. The molecule has 176 valence electrons. The van der Waals surface area contributed by atoms with Crippen LogP contribution in [-0.2, 0) is 25.7 Å². The zero-order chi connectivity index (χ0) is 22.9. The number of anilines is 1. The molecule has 3 rings (SSSR count). The van der Waals surface area contributed by atoms with Crippen molar-refractivity contribution < 1.29 is 24.2 Å². The highest BCUT2D eigenvalue weighted by Gasteiger charge is 2.45. The van der Waals surface area contributed by atoms with Crippen LogP contribution < -0.4 is 4.90 Å². The number of carbonyl (C=O) groups is 2. The summed E-state index contributed by atoms with van der Waals surface area (Å²) in [6.07, 6.45) is 6.76. The van der Waals surface area contributed by atoms with Crippen molar-refractivity contribution in [3.05, 3.63) is 42.0 Å². The molecule has 7 nitrogen and oxygen atoms in total. The lowest BCUT2D eigenvalue weighted by atomic mass is 9.95. The third kappa shape index (κ3) is 6.89. The van der Waals surface area contributed by atoms with Crippen molar-refractivity contribution in [2.24, 2.45) is 5.92 Å². The van der Waals surface area contributed by atoms with Crippen LogP contribution >= 0.6 is 0 Å². The van der Waals surface area contributed by atoms with Crippen LogP contribution in [0.25, 0.3) is 0 Å². The van der Waals surface area contributed by atoms with Gasteiger partial charge in [0.05, 0.1) is 32.0 Å². The van der Waals surface area contributed by atoms with Crippen LogP contribution in [0.3, 0.4) is 0 Å². The molecule has 1 aromatic rings. The van der Waals surface area contributed by atoms with Crippen LogP contribution in [0.2, 0.25) is 0 Å². The first kappa shape index (κ1) is 24.4. The number of ether oxygens (including phenoxy) is 2. The minimum absolute atomic E-state index is 0.0948. The number of nitrogens with zero attached hydrogens (tertiary/aromatic N) is 2. The lowest BCUT2D eigenvalue weighted by Gasteiger charge is -2.35. The van der Waals surface area contributed by atoms with Gasteiger partial charge in [0.2, 0.25) is 0 Å². The van der Waals surface area contributed by atoms with E-state index in [4.69, 9.17) is 14.6 Å². The molecule has 1 aliphatic carbocycles. The van der Waals surface area contributed by atoms with Gasteiger partial charge in [-0.05, 0) is 37.0 Å².